The Kier molecular flexibility index (Phi) is 6.16. The molecule has 1 aliphatic rings. The SMILES string of the molecule is COc1ccc(NC(=S)NCC2(c3ccc(F)cc3)CCCC2)cc1OC. The number of ether oxygens (including phenoxy) is 2. The van der Waals surface area contributed by atoms with Gasteiger partial charge in [0.2, 0.25) is 0 Å². The fourth-order valence-corrected chi connectivity index (χ4v) is 3.95. The molecule has 144 valence electrons. The lowest BCUT2D eigenvalue weighted by atomic mass is 9.79. The van der Waals surface area contributed by atoms with Gasteiger partial charge >= 0.3 is 0 Å². The number of rotatable bonds is 6. The summed E-state index contributed by atoms with van der Waals surface area (Å²) in [7, 11) is 3.21. The van der Waals surface area contributed by atoms with E-state index in [1.807, 2.05) is 30.3 Å². The van der Waals surface area contributed by atoms with Gasteiger partial charge in [-0.05, 0) is 54.9 Å². The lowest BCUT2D eigenvalue weighted by Gasteiger charge is -2.30. The van der Waals surface area contributed by atoms with Gasteiger partial charge in [-0.1, -0.05) is 25.0 Å². The largest absolute Gasteiger partial charge is 0.493 e. The maximum absolute atomic E-state index is 13.3. The first kappa shape index (κ1) is 19.4. The molecule has 0 aromatic heterocycles. The van der Waals surface area contributed by atoms with Crippen molar-refractivity contribution in [3.8, 4) is 11.5 Å². The monoisotopic (exact) mass is 388 g/mol. The molecule has 0 amide bonds. The van der Waals surface area contributed by atoms with Crippen LogP contribution >= 0.6 is 12.2 Å². The zero-order valence-corrected chi connectivity index (χ0v) is 16.5. The molecule has 27 heavy (non-hydrogen) atoms. The first-order chi connectivity index (χ1) is 13.1. The molecule has 6 heteroatoms. The Labute approximate surface area is 165 Å². The van der Waals surface area contributed by atoms with E-state index in [-0.39, 0.29) is 11.2 Å². The predicted octanol–water partition coefficient (Wildman–Crippen LogP) is 4.64. The maximum atomic E-state index is 13.3. The van der Waals surface area contributed by atoms with E-state index >= 15 is 0 Å². The van der Waals surface area contributed by atoms with Crippen LogP contribution in [0.3, 0.4) is 0 Å². The molecule has 3 rings (SSSR count). The van der Waals surface area contributed by atoms with E-state index < -0.39 is 0 Å². The lowest BCUT2D eigenvalue weighted by molar-refractivity contribution is 0.355. The average Bonchev–Trinajstić information content (AvgIpc) is 3.17. The van der Waals surface area contributed by atoms with E-state index in [2.05, 4.69) is 10.6 Å². The van der Waals surface area contributed by atoms with Gasteiger partial charge in [-0.25, -0.2) is 4.39 Å². The minimum Gasteiger partial charge on any atom is -0.493 e. The van der Waals surface area contributed by atoms with Crippen LogP contribution in [-0.2, 0) is 5.41 Å². The molecular weight excluding hydrogens is 363 g/mol. The van der Waals surface area contributed by atoms with E-state index in [4.69, 9.17) is 21.7 Å². The van der Waals surface area contributed by atoms with Crippen LogP contribution in [0.5, 0.6) is 11.5 Å². The Morgan fingerprint density at radius 3 is 2.33 bits per heavy atom. The highest BCUT2D eigenvalue weighted by molar-refractivity contribution is 7.80. The molecule has 1 saturated carbocycles. The van der Waals surface area contributed by atoms with Crippen molar-refractivity contribution in [1.82, 2.24) is 5.32 Å². The second kappa shape index (κ2) is 8.57. The fraction of sp³-hybridized carbons (Fsp3) is 0.381. The minimum absolute atomic E-state index is 0.00294. The quantitative estimate of drug-likeness (QED) is 0.706. The zero-order valence-electron chi connectivity index (χ0n) is 15.7. The Bertz CT molecular complexity index is 789. The van der Waals surface area contributed by atoms with Crippen LogP contribution in [0.2, 0.25) is 0 Å². The van der Waals surface area contributed by atoms with Crippen LogP contribution in [0.15, 0.2) is 42.5 Å². The summed E-state index contributed by atoms with van der Waals surface area (Å²) in [5.74, 6) is 1.11. The van der Waals surface area contributed by atoms with Crippen molar-refractivity contribution in [2.75, 3.05) is 26.1 Å². The van der Waals surface area contributed by atoms with Crippen molar-refractivity contribution in [3.05, 3.63) is 53.8 Å². The number of halogens is 1. The normalized spacial score (nSPS) is 15.2. The van der Waals surface area contributed by atoms with Gasteiger partial charge in [0.1, 0.15) is 5.82 Å². The van der Waals surface area contributed by atoms with Gasteiger partial charge in [0.05, 0.1) is 14.2 Å². The second-order valence-corrected chi connectivity index (χ2v) is 7.28. The molecule has 4 nitrogen and oxygen atoms in total. The minimum atomic E-state index is -0.203. The van der Waals surface area contributed by atoms with Gasteiger partial charge in [-0.3, -0.25) is 0 Å². The highest BCUT2D eigenvalue weighted by atomic mass is 32.1. The van der Waals surface area contributed by atoms with Crippen molar-refractivity contribution in [2.24, 2.45) is 0 Å². The standard InChI is InChI=1S/C21H25FN2O2S/c1-25-18-10-9-17(13-19(18)26-2)24-20(27)23-14-21(11-3-4-12-21)15-5-7-16(22)8-6-15/h5-10,13H,3-4,11-12,14H2,1-2H3,(H2,23,24,27). The van der Waals surface area contributed by atoms with Crippen molar-refractivity contribution >= 4 is 23.0 Å². The molecule has 2 N–H and O–H groups in total. The number of hydrogen-bond acceptors (Lipinski definition) is 3. The van der Waals surface area contributed by atoms with E-state index in [0.29, 0.717) is 16.6 Å². The molecule has 0 atom stereocenters. The third-order valence-electron chi connectivity index (χ3n) is 5.25. The van der Waals surface area contributed by atoms with Gasteiger partial charge < -0.3 is 20.1 Å². The topological polar surface area (TPSA) is 42.5 Å². The summed E-state index contributed by atoms with van der Waals surface area (Å²) in [6.07, 6.45) is 4.50. The Balaban J connectivity index is 1.66. The number of anilines is 1. The predicted molar refractivity (Wildman–Crippen MR) is 110 cm³/mol. The summed E-state index contributed by atoms with van der Waals surface area (Å²) in [4.78, 5) is 0. The maximum Gasteiger partial charge on any atom is 0.170 e. The molecule has 0 bridgehead atoms. The molecular formula is C21H25FN2O2S. The van der Waals surface area contributed by atoms with Crippen LogP contribution in [0, 0.1) is 5.82 Å². The van der Waals surface area contributed by atoms with Gasteiger partial charge in [0.15, 0.2) is 16.6 Å². The van der Waals surface area contributed by atoms with Gasteiger partial charge in [-0.15, -0.1) is 0 Å². The number of benzene rings is 2. The van der Waals surface area contributed by atoms with Crippen LogP contribution in [0.1, 0.15) is 31.2 Å². The van der Waals surface area contributed by atoms with Crippen molar-refractivity contribution in [1.29, 1.82) is 0 Å². The van der Waals surface area contributed by atoms with Gasteiger partial charge in [0.25, 0.3) is 0 Å². The summed E-state index contributed by atoms with van der Waals surface area (Å²) in [6, 6.07) is 12.4. The summed E-state index contributed by atoms with van der Waals surface area (Å²) < 4.78 is 23.9. The van der Waals surface area contributed by atoms with Crippen LogP contribution in [0.4, 0.5) is 10.1 Å². The van der Waals surface area contributed by atoms with E-state index in [9.17, 15) is 4.39 Å². The van der Waals surface area contributed by atoms with Crippen molar-refractivity contribution < 1.29 is 13.9 Å². The molecule has 1 fully saturated rings. The van der Waals surface area contributed by atoms with Gasteiger partial charge in [0, 0.05) is 23.7 Å². The Morgan fingerprint density at radius 2 is 1.70 bits per heavy atom. The molecule has 0 unspecified atom stereocenters. The smallest absolute Gasteiger partial charge is 0.170 e. The summed E-state index contributed by atoms with van der Waals surface area (Å²) in [5.41, 5.74) is 1.99. The van der Waals surface area contributed by atoms with Crippen LogP contribution in [0.25, 0.3) is 0 Å². The summed E-state index contributed by atoms with van der Waals surface area (Å²) in [6.45, 7) is 0.720. The molecule has 2 aromatic carbocycles. The molecule has 0 saturated heterocycles. The summed E-state index contributed by atoms with van der Waals surface area (Å²) in [5, 5.41) is 7.09. The Morgan fingerprint density at radius 1 is 1.04 bits per heavy atom. The number of thiocarbonyl (C=S) groups is 1. The average molecular weight is 389 g/mol. The molecule has 0 spiro atoms. The molecule has 0 radical (unpaired) electrons. The second-order valence-electron chi connectivity index (χ2n) is 6.87. The van der Waals surface area contributed by atoms with E-state index in [1.165, 1.54) is 30.5 Å². The number of methoxy groups -OCH3 is 2. The van der Waals surface area contributed by atoms with Gasteiger partial charge in [-0.2, -0.15) is 0 Å². The first-order valence-corrected chi connectivity index (χ1v) is 9.50. The Hall–Kier alpha value is -2.34. The zero-order chi connectivity index (χ0) is 19.3. The molecule has 1 aliphatic carbocycles. The highest BCUT2D eigenvalue weighted by Gasteiger charge is 2.35. The lowest BCUT2D eigenvalue weighted by Crippen LogP contribution is -2.40. The first-order valence-electron chi connectivity index (χ1n) is 9.09. The molecule has 0 heterocycles. The fourth-order valence-electron chi connectivity index (χ4n) is 3.76. The third-order valence-corrected chi connectivity index (χ3v) is 5.49. The summed E-state index contributed by atoms with van der Waals surface area (Å²) >= 11 is 5.48. The van der Waals surface area contributed by atoms with Crippen molar-refractivity contribution in [3.63, 3.8) is 0 Å². The van der Waals surface area contributed by atoms with Crippen LogP contribution < -0.4 is 20.1 Å². The third kappa shape index (κ3) is 4.50. The van der Waals surface area contributed by atoms with Crippen LogP contribution in [-0.4, -0.2) is 25.9 Å². The molecule has 2 aromatic rings. The van der Waals surface area contributed by atoms with Crippen molar-refractivity contribution in [2.45, 2.75) is 31.1 Å². The highest BCUT2D eigenvalue weighted by Crippen LogP contribution is 2.40. The number of hydrogen-bond donors (Lipinski definition) is 2. The van der Waals surface area contributed by atoms with E-state index in [1.54, 1.807) is 14.2 Å². The number of nitrogens with one attached hydrogen (secondary N) is 2. The molecule has 0 aliphatic heterocycles. The van der Waals surface area contributed by atoms with E-state index in [0.717, 1.165) is 25.1 Å².